The number of rotatable bonds is 4. The van der Waals surface area contributed by atoms with Crippen LogP contribution in [0.4, 0.5) is 0 Å². The van der Waals surface area contributed by atoms with Gasteiger partial charge in [-0.05, 0) is 25.7 Å². The molecule has 0 radical (unpaired) electrons. The number of nitrogens with zero attached hydrogens (tertiary/aromatic N) is 2. The van der Waals surface area contributed by atoms with Crippen LogP contribution in [0.2, 0.25) is 0 Å². The zero-order valence-electron chi connectivity index (χ0n) is 9.44. The van der Waals surface area contributed by atoms with Crippen LogP contribution in [0.5, 0.6) is 0 Å². The number of aromatic nitrogens is 4. The minimum atomic E-state index is -0.157. The maximum absolute atomic E-state index is 6.37. The van der Waals surface area contributed by atoms with Crippen LogP contribution in [0.3, 0.4) is 0 Å². The Hall–Kier alpha value is -1.62. The topological polar surface area (TPSA) is 66.6 Å². The summed E-state index contributed by atoms with van der Waals surface area (Å²) in [5, 5.41) is 0. The van der Waals surface area contributed by atoms with Gasteiger partial charge in [0, 0.05) is 12.4 Å². The molecule has 2 aromatic heterocycles. The third kappa shape index (κ3) is 1.35. The highest BCUT2D eigenvalue weighted by molar-refractivity contribution is 5.23. The molecule has 0 atom stereocenters. The highest BCUT2D eigenvalue weighted by atomic mass is 16.5. The first kappa shape index (κ1) is 9.41. The molecule has 5 heteroatoms. The summed E-state index contributed by atoms with van der Waals surface area (Å²) < 4.78 is 6.37. The monoisotopic (exact) mass is 230 g/mol. The summed E-state index contributed by atoms with van der Waals surface area (Å²) in [6.45, 7) is 0. The van der Waals surface area contributed by atoms with Crippen LogP contribution in [0.25, 0.3) is 0 Å². The van der Waals surface area contributed by atoms with E-state index in [1.54, 1.807) is 12.7 Å². The molecular formula is C12H14N4O. The van der Waals surface area contributed by atoms with Crippen molar-refractivity contribution in [3.63, 3.8) is 0 Å². The van der Waals surface area contributed by atoms with E-state index in [2.05, 4.69) is 19.9 Å². The van der Waals surface area contributed by atoms with Crippen molar-refractivity contribution in [2.24, 2.45) is 0 Å². The van der Waals surface area contributed by atoms with E-state index in [1.807, 2.05) is 12.4 Å². The zero-order chi connectivity index (χ0) is 11.3. The molecule has 0 unspecified atom stereocenters. The number of hydrogen-bond acceptors (Lipinski definition) is 3. The first-order valence-corrected chi connectivity index (χ1v) is 6.02. The molecule has 0 aliphatic heterocycles. The van der Waals surface area contributed by atoms with Gasteiger partial charge in [0.15, 0.2) is 0 Å². The molecule has 2 fully saturated rings. The first-order chi connectivity index (χ1) is 8.33. The van der Waals surface area contributed by atoms with E-state index in [-0.39, 0.29) is 11.2 Å². The molecule has 2 heterocycles. The van der Waals surface area contributed by atoms with E-state index >= 15 is 0 Å². The molecule has 0 saturated heterocycles. The second-order valence-corrected chi connectivity index (χ2v) is 5.00. The Kier molecular flexibility index (Phi) is 1.65. The smallest absolute Gasteiger partial charge is 0.113 e. The maximum atomic E-state index is 6.37. The summed E-state index contributed by atoms with van der Waals surface area (Å²) in [5.74, 6) is 0. The van der Waals surface area contributed by atoms with Crippen molar-refractivity contribution in [2.45, 2.75) is 36.9 Å². The lowest BCUT2D eigenvalue weighted by Crippen LogP contribution is -2.22. The Morgan fingerprint density at radius 2 is 1.35 bits per heavy atom. The van der Waals surface area contributed by atoms with Crippen molar-refractivity contribution in [2.75, 3.05) is 0 Å². The molecule has 2 aromatic rings. The lowest BCUT2D eigenvalue weighted by Gasteiger charge is -2.21. The minimum absolute atomic E-state index is 0.157. The standard InChI is InChI=1S/C12H14N4O/c1-2-11(1,9-5-13-7-15-9)17-12(3-4-12)10-6-14-8-16-10/h5-8H,1-4H2,(H,13,15)(H,14,16). The van der Waals surface area contributed by atoms with Gasteiger partial charge in [-0.15, -0.1) is 0 Å². The average molecular weight is 230 g/mol. The fourth-order valence-corrected chi connectivity index (χ4v) is 2.44. The van der Waals surface area contributed by atoms with Crippen LogP contribution in [0.1, 0.15) is 37.1 Å². The first-order valence-electron chi connectivity index (χ1n) is 6.02. The molecule has 17 heavy (non-hydrogen) atoms. The number of aromatic amines is 2. The van der Waals surface area contributed by atoms with Crippen molar-refractivity contribution in [1.29, 1.82) is 0 Å². The fourth-order valence-electron chi connectivity index (χ4n) is 2.44. The molecular weight excluding hydrogens is 216 g/mol. The minimum Gasteiger partial charge on any atom is -0.356 e. The van der Waals surface area contributed by atoms with Gasteiger partial charge < -0.3 is 14.7 Å². The molecule has 0 amide bonds. The number of H-pyrrole nitrogens is 2. The van der Waals surface area contributed by atoms with E-state index in [0.29, 0.717) is 0 Å². The van der Waals surface area contributed by atoms with E-state index in [1.165, 1.54) is 0 Å². The largest absolute Gasteiger partial charge is 0.356 e. The lowest BCUT2D eigenvalue weighted by atomic mass is 10.2. The molecule has 2 aliphatic rings. The average Bonchev–Trinajstić information content (AvgIpc) is 3.15. The second-order valence-electron chi connectivity index (χ2n) is 5.00. The summed E-state index contributed by atoms with van der Waals surface area (Å²) in [7, 11) is 0. The molecule has 0 aromatic carbocycles. The van der Waals surface area contributed by atoms with Crippen molar-refractivity contribution in [1.82, 2.24) is 19.9 Å². The Morgan fingerprint density at radius 1 is 0.882 bits per heavy atom. The van der Waals surface area contributed by atoms with Gasteiger partial charge in [0.05, 0.1) is 24.0 Å². The third-order valence-corrected chi connectivity index (χ3v) is 3.73. The van der Waals surface area contributed by atoms with Crippen LogP contribution in [-0.2, 0) is 15.9 Å². The van der Waals surface area contributed by atoms with Crippen LogP contribution < -0.4 is 0 Å². The number of imidazole rings is 2. The normalized spacial score (nSPS) is 23.5. The van der Waals surface area contributed by atoms with E-state index in [4.69, 9.17) is 4.74 Å². The second kappa shape index (κ2) is 2.98. The van der Waals surface area contributed by atoms with Crippen LogP contribution in [0.15, 0.2) is 25.0 Å². The van der Waals surface area contributed by atoms with E-state index in [0.717, 1.165) is 37.1 Å². The predicted molar refractivity (Wildman–Crippen MR) is 60.1 cm³/mol. The Bertz CT molecular complexity index is 460. The molecule has 0 bridgehead atoms. The molecule has 4 rings (SSSR count). The molecule has 5 nitrogen and oxygen atoms in total. The third-order valence-electron chi connectivity index (χ3n) is 3.73. The Labute approximate surface area is 98.6 Å². The number of nitrogens with one attached hydrogen (secondary N) is 2. The fraction of sp³-hybridized carbons (Fsp3) is 0.500. The van der Waals surface area contributed by atoms with E-state index < -0.39 is 0 Å². The SMILES string of the molecule is c1nc(C2(OC3(c4c[nH]cn4)CC3)CC2)c[nH]1. The number of hydrogen-bond donors (Lipinski definition) is 2. The van der Waals surface area contributed by atoms with Crippen LogP contribution in [0, 0.1) is 0 Å². The van der Waals surface area contributed by atoms with Gasteiger partial charge in [0.25, 0.3) is 0 Å². The molecule has 2 N–H and O–H groups in total. The summed E-state index contributed by atoms with van der Waals surface area (Å²) in [4.78, 5) is 14.7. The summed E-state index contributed by atoms with van der Waals surface area (Å²) >= 11 is 0. The van der Waals surface area contributed by atoms with Gasteiger partial charge in [-0.3, -0.25) is 0 Å². The van der Waals surface area contributed by atoms with Gasteiger partial charge in [0.1, 0.15) is 11.2 Å². The van der Waals surface area contributed by atoms with Crippen LogP contribution >= 0.6 is 0 Å². The highest BCUT2D eigenvalue weighted by Crippen LogP contribution is 2.59. The van der Waals surface area contributed by atoms with Crippen molar-refractivity contribution in [3.05, 3.63) is 36.4 Å². The van der Waals surface area contributed by atoms with Crippen molar-refractivity contribution >= 4 is 0 Å². The van der Waals surface area contributed by atoms with Crippen molar-refractivity contribution < 1.29 is 4.74 Å². The van der Waals surface area contributed by atoms with Gasteiger partial charge in [-0.2, -0.15) is 0 Å². The van der Waals surface area contributed by atoms with Gasteiger partial charge in [0.2, 0.25) is 0 Å². The predicted octanol–water partition coefficient (Wildman–Crippen LogP) is 1.83. The van der Waals surface area contributed by atoms with Gasteiger partial charge >= 0.3 is 0 Å². The Balaban J connectivity index is 1.63. The summed E-state index contributed by atoms with van der Waals surface area (Å²) in [6.07, 6.45) is 11.5. The highest BCUT2D eigenvalue weighted by Gasteiger charge is 2.58. The molecule has 2 aliphatic carbocycles. The van der Waals surface area contributed by atoms with Crippen LogP contribution in [-0.4, -0.2) is 19.9 Å². The zero-order valence-corrected chi connectivity index (χ0v) is 9.44. The molecule has 88 valence electrons. The quantitative estimate of drug-likeness (QED) is 0.842. The summed E-state index contributed by atoms with van der Waals surface area (Å²) in [5.41, 5.74) is 1.74. The molecule has 0 spiro atoms. The lowest BCUT2D eigenvalue weighted by molar-refractivity contribution is -0.0591. The number of ether oxygens (including phenoxy) is 1. The van der Waals surface area contributed by atoms with Gasteiger partial charge in [-0.25, -0.2) is 9.97 Å². The maximum Gasteiger partial charge on any atom is 0.113 e. The Morgan fingerprint density at radius 3 is 1.65 bits per heavy atom. The van der Waals surface area contributed by atoms with Crippen molar-refractivity contribution in [3.8, 4) is 0 Å². The summed E-state index contributed by atoms with van der Waals surface area (Å²) in [6, 6.07) is 0. The van der Waals surface area contributed by atoms with E-state index in [9.17, 15) is 0 Å². The molecule has 2 saturated carbocycles. The van der Waals surface area contributed by atoms with Gasteiger partial charge in [-0.1, -0.05) is 0 Å².